The molecule has 0 bridgehead atoms. The van der Waals surface area contributed by atoms with Crippen LogP contribution in [0.3, 0.4) is 0 Å². The van der Waals surface area contributed by atoms with E-state index in [1.807, 2.05) is 6.07 Å². The van der Waals surface area contributed by atoms with E-state index >= 15 is 0 Å². The molecule has 0 saturated heterocycles. The van der Waals surface area contributed by atoms with E-state index < -0.39 is 5.24 Å². The SMILES string of the molecule is CCCCCOc1cccc(C(=O)Cl)c1. The molecule has 0 aliphatic rings. The highest BCUT2D eigenvalue weighted by molar-refractivity contribution is 6.67. The number of hydrogen-bond donors (Lipinski definition) is 0. The van der Waals surface area contributed by atoms with Crippen molar-refractivity contribution in [1.82, 2.24) is 0 Å². The molecule has 0 heterocycles. The zero-order chi connectivity index (χ0) is 11.1. The van der Waals surface area contributed by atoms with Gasteiger partial charge in [-0.1, -0.05) is 25.8 Å². The summed E-state index contributed by atoms with van der Waals surface area (Å²) in [5.74, 6) is 0.706. The van der Waals surface area contributed by atoms with Crippen LogP contribution in [0.2, 0.25) is 0 Å². The third kappa shape index (κ3) is 4.34. The summed E-state index contributed by atoms with van der Waals surface area (Å²) in [6, 6.07) is 6.94. The number of carbonyl (C=O) groups is 1. The molecule has 0 atom stereocenters. The van der Waals surface area contributed by atoms with Crippen molar-refractivity contribution in [3.63, 3.8) is 0 Å². The molecule has 0 radical (unpaired) electrons. The second-order valence-corrected chi connectivity index (χ2v) is 3.70. The Kier molecular flexibility index (Phi) is 5.19. The molecule has 2 nitrogen and oxygen atoms in total. The molecule has 3 heteroatoms. The van der Waals surface area contributed by atoms with Gasteiger partial charge in [0.25, 0.3) is 5.24 Å². The number of ether oxygens (including phenoxy) is 1. The zero-order valence-electron chi connectivity index (χ0n) is 8.83. The average molecular weight is 227 g/mol. The van der Waals surface area contributed by atoms with Crippen molar-refractivity contribution in [2.75, 3.05) is 6.61 Å². The van der Waals surface area contributed by atoms with Crippen LogP contribution < -0.4 is 4.74 Å². The molecule has 1 aromatic rings. The summed E-state index contributed by atoms with van der Waals surface area (Å²) >= 11 is 5.36. The molecule has 0 aromatic heterocycles. The minimum atomic E-state index is -0.450. The Morgan fingerprint density at radius 1 is 1.40 bits per heavy atom. The van der Waals surface area contributed by atoms with E-state index in [2.05, 4.69) is 6.92 Å². The van der Waals surface area contributed by atoms with Crippen LogP contribution in [-0.4, -0.2) is 11.8 Å². The Morgan fingerprint density at radius 2 is 2.20 bits per heavy atom. The van der Waals surface area contributed by atoms with Gasteiger partial charge in [0.2, 0.25) is 0 Å². The predicted molar refractivity (Wildman–Crippen MR) is 61.6 cm³/mol. The van der Waals surface area contributed by atoms with Crippen LogP contribution in [-0.2, 0) is 0 Å². The first-order valence-electron chi connectivity index (χ1n) is 5.16. The first kappa shape index (κ1) is 12.1. The fourth-order valence-electron chi connectivity index (χ4n) is 1.25. The van der Waals surface area contributed by atoms with Crippen molar-refractivity contribution in [2.24, 2.45) is 0 Å². The van der Waals surface area contributed by atoms with Gasteiger partial charge in [0.15, 0.2) is 0 Å². The second kappa shape index (κ2) is 6.46. The van der Waals surface area contributed by atoms with Crippen LogP contribution >= 0.6 is 11.6 Å². The summed E-state index contributed by atoms with van der Waals surface area (Å²) in [6.45, 7) is 2.83. The normalized spacial score (nSPS) is 10.0. The smallest absolute Gasteiger partial charge is 0.252 e. The third-order valence-electron chi connectivity index (χ3n) is 2.08. The summed E-state index contributed by atoms with van der Waals surface area (Å²) in [7, 11) is 0. The minimum Gasteiger partial charge on any atom is -0.494 e. The largest absolute Gasteiger partial charge is 0.494 e. The number of unbranched alkanes of at least 4 members (excludes halogenated alkanes) is 2. The van der Waals surface area contributed by atoms with Crippen LogP contribution in [0.4, 0.5) is 0 Å². The maximum atomic E-state index is 10.9. The molecule has 1 aromatic carbocycles. The van der Waals surface area contributed by atoms with Crippen LogP contribution in [0, 0.1) is 0 Å². The van der Waals surface area contributed by atoms with Crippen LogP contribution in [0.25, 0.3) is 0 Å². The molecule has 0 N–H and O–H groups in total. The lowest BCUT2D eigenvalue weighted by molar-refractivity contribution is 0.108. The van der Waals surface area contributed by atoms with Crippen LogP contribution in [0.1, 0.15) is 36.5 Å². The summed E-state index contributed by atoms with van der Waals surface area (Å²) in [5, 5.41) is -0.450. The Morgan fingerprint density at radius 3 is 2.87 bits per heavy atom. The van der Waals surface area contributed by atoms with Gasteiger partial charge in [0, 0.05) is 5.56 Å². The van der Waals surface area contributed by atoms with E-state index in [4.69, 9.17) is 16.3 Å². The van der Waals surface area contributed by atoms with Gasteiger partial charge in [-0.05, 0) is 36.2 Å². The van der Waals surface area contributed by atoms with Crippen molar-refractivity contribution >= 4 is 16.8 Å². The van der Waals surface area contributed by atoms with Gasteiger partial charge < -0.3 is 4.74 Å². The van der Waals surface area contributed by atoms with E-state index in [9.17, 15) is 4.79 Å². The van der Waals surface area contributed by atoms with Crippen molar-refractivity contribution in [3.05, 3.63) is 29.8 Å². The van der Waals surface area contributed by atoms with Gasteiger partial charge in [-0.25, -0.2) is 0 Å². The lowest BCUT2D eigenvalue weighted by Crippen LogP contribution is -1.98. The van der Waals surface area contributed by atoms with Gasteiger partial charge in [-0.2, -0.15) is 0 Å². The first-order chi connectivity index (χ1) is 7.24. The standard InChI is InChI=1S/C12H15ClO2/c1-2-3-4-8-15-11-7-5-6-10(9-11)12(13)14/h5-7,9H,2-4,8H2,1H3. The molecular weight excluding hydrogens is 212 g/mol. The number of benzene rings is 1. The maximum absolute atomic E-state index is 10.9. The highest BCUT2D eigenvalue weighted by Crippen LogP contribution is 2.15. The number of rotatable bonds is 6. The first-order valence-corrected chi connectivity index (χ1v) is 5.54. The third-order valence-corrected chi connectivity index (χ3v) is 2.30. The molecule has 0 aliphatic heterocycles. The Balaban J connectivity index is 2.47. The van der Waals surface area contributed by atoms with Gasteiger partial charge in [0.1, 0.15) is 5.75 Å². The maximum Gasteiger partial charge on any atom is 0.252 e. The predicted octanol–water partition coefficient (Wildman–Crippen LogP) is 3.63. The molecule has 82 valence electrons. The second-order valence-electron chi connectivity index (χ2n) is 3.36. The van der Waals surface area contributed by atoms with Gasteiger partial charge in [0.05, 0.1) is 6.61 Å². The van der Waals surface area contributed by atoms with E-state index in [0.717, 1.165) is 12.8 Å². The fourth-order valence-corrected chi connectivity index (χ4v) is 1.37. The number of hydrogen-bond acceptors (Lipinski definition) is 2. The average Bonchev–Trinajstić information content (AvgIpc) is 2.25. The summed E-state index contributed by atoms with van der Waals surface area (Å²) in [5.41, 5.74) is 0.477. The molecule has 0 saturated carbocycles. The van der Waals surface area contributed by atoms with E-state index in [1.54, 1.807) is 18.2 Å². The summed E-state index contributed by atoms with van der Waals surface area (Å²) in [6.07, 6.45) is 3.37. The molecule has 0 aliphatic carbocycles. The number of carbonyl (C=O) groups excluding carboxylic acids is 1. The van der Waals surface area contributed by atoms with E-state index in [-0.39, 0.29) is 0 Å². The Labute approximate surface area is 95.2 Å². The molecule has 1 rings (SSSR count). The minimum absolute atomic E-state index is 0.450. The Hall–Kier alpha value is -1.02. The molecular formula is C12H15ClO2. The van der Waals surface area contributed by atoms with E-state index in [1.165, 1.54) is 6.42 Å². The topological polar surface area (TPSA) is 26.3 Å². The van der Waals surface area contributed by atoms with Crippen LogP contribution in [0.5, 0.6) is 5.75 Å². The lowest BCUT2D eigenvalue weighted by Gasteiger charge is -2.05. The lowest BCUT2D eigenvalue weighted by atomic mass is 10.2. The van der Waals surface area contributed by atoms with Crippen molar-refractivity contribution < 1.29 is 9.53 Å². The fraction of sp³-hybridized carbons (Fsp3) is 0.417. The molecule has 15 heavy (non-hydrogen) atoms. The Bertz CT molecular complexity index is 323. The zero-order valence-corrected chi connectivity index (χ0v) is 9.59. The molecule has 0 unspecified atom stereocenters. The number of halogens is 1. The van der Waals surface area contributed by atoms with Crippen molar-refractivity contribution in [3.8, 4) is 5.75 Å². The quantitative estimate of drug-likeness (QED) is 0.547. The van der Waals surface area contributed by atoms with Gasteiger partial charge in [-0.15, -0.1) is 0 Å². The molecule has 0 fully saturated rings. The summed E-state index contributed by atoms with van der Waals surface area (Å²) < 4.78 is 5.49. The van der Waals surface area contributed by atoms with E-state index in [0.29, 0.717) is 17.9 Å². The molecule has 0 amide bonds. The van der Waals surface area contributed by atoms with Crippen LogP contribution in [0.15, 0.2) is 24.3 Å². The van der Waals surface area contributed by atoms with Crippen molar-refractivity contribution in [1.29, 1.82) is 0 Å². The summed E-state index contributed by atoms with van der Waals surface area (Å²) in [4.78, 5) is 10.9. The van der Waals surface area contributed by atoms with Gasteiger partial charge >= 0.3 is 0 Å². The highest BCUT2D eigenvalue weighted by atomic mass is 35.5. The monoisotopic (exact) mass is 226 g/mol. The highest BCUT2D eigenvalue weighted by Gasteiger charge is 2.02. The molecule has 0 spiro atoms. The van der Waals surface area contributed by atoms with Crippen molar-refractivity contribution in [2.45, 2.75) is 26.2 Å². The van der Waals surface area contributed by atoms with Gasteiger partial charge in [-0.3, -0.25) is 4.79 Å².